The van der Waals surface area contributed by atoms with Gasteiger partial charge in [0.2, 0.25) is 0 Å². The van der Waals surface area contributed by atoms with Crippen LogP contribution >= 0.6 is 0 Å². The molecule has 0 N–H and O–H groups in total. The fraction of sp³-hybridized carbons (Fsp3) is 0. The largest absolute Gasteiger partial charge is 2.00 e. The average molecular weight is 266 g/mol. The van der Waals surface area contributed by atoms with Crippen molar-refractivity contribution in [2.75, 3.05) is 0 Å². The van der Waals surface area contributed by atoms with Crippen molar-refractivity contribution in [2.45, 2.75) is 0 Å². The molecular weight excluding hydrogens is 264 g/mol. The van der Waals surface area contributed by atoms with Gasteiger partial charge in [-0.2, -0.15) is 0 Å². The van der Waals surface area contributed by atoms with Crippen molar-refractivity contribution in [3.8, 4) is 0 Å². The fourth-order valence-corrected chi connectivity index (χ4v) is 0.136. The van der Waals surface area contributed by atoms with Crippen LogP contribution in [0.4, 0.5) is 0 Å². The van der Waals surface area contributed by atoms with Crippen LogP contribution < -0.4 is 10.2 Å². The molecule has 0 aliphatic carbocycles. The Bertz CT molecular complexity index is 279. The smallest absolute Gasteiger partial charge is 0.759 e. The molecule has 0 saturated heterocycles. The second-order valence-corrected chi connectivity index (χ2v) is 2.20. The second kappa shape index (κ2) is 8.66. The number of hydrogen-bond donors (Lipinski definition) is 0. The number of rotatable bonds is 2. The Hall–Kier alpha value is -0.931. The zero-order valence-corrected chi connectivity index (χ0v) is 8.10. The van der Waals surface area contributed by atoms with Crippen LogP contribution in [0.1, 0.15) is 0 Å². The van der Waals surface area contributed by atoms with Crippen LogP contribution in [0, 0.1) is 0 Å². The molecule has 82 valence electrons. The molecule has 0 bridgehead atoms. The molecule has 0 radical (unpaired) electrons. The van der Waals surface area contributed by atoms with Crippen LogP contribution in [-0.4, -0.2) is 29.5 Å². The minimum absolute atomic E-state index is 0. The third-order valence-electron chi connectivity index (χ3n) is 0.355. The van der Waals surface area contributed by atoms with Gasteiger partial charge in [-0.05, 0) is 12.2 Å². The van der Waals surface area contributed by atoms with E-state index in [1.807, 2.05) is 0 Å². The average Bonchev–Trinajstić information content (AvgIpc) is 1.79. The molecule has 8 nitrogen and oxygen atoms in total. The van der Waals surface area contributed by atoms with Crippen LogP contribution in [0.25, 0.3) is 0 Å². The summed E-state index contributed by atoms with van der Waals surface area (Å²) in [6, 6.07) is 0. The van der Waals surface area contributed by atoms with E-state index in [1.54, 1.807) is 0 Å². The van der Waals surface area contributed by atoms with Gasteiger partial charge in [0, 0.05) is 10.4 Å². The molecule has 0 fully saturated rings. The number of carbonyl (C=O) groups excluding carboxylic acids is 2. The molecule has 0 aromatic rings. The summed E-state index contributed by atoms with van der Waals surface area (Å²) in [5.74, 6) is -3.09. The maximum atomic E-state index is 9.41. The summed E-state index contributed by atoms with van der Waals surface area (Å²) in [6.07, 6.45) is 0.769. The topological polar surface area (TPSA) is 161 Å². The zero-order valence-electron chi connectivity index (χ0n) is 6.18. The van der Waals surface area contributed by atoms with Crippen molar-refractivity contribution in [3.05, 3.63) is 12.2 Å². The summed E-state index contributed by atoms with van der Waals surface area (Å²) >= 11 is 0. The summed E-state index contributed by atoms with van der Waals surface area (Å²) in [4.78, 5) is 18.8. The van der Waals surface area contributed by atoms with E-state index in [2.05, 4.69) is 0 Å². The Morgan fingerprint density at radius 1 is 0.929 bits per heavy atom. The first kappa shape index (κ1) is 18.8. The van der Waals surface area contributed by atoms with Crippen LogP contribution in [0.3, 0.4) is 0 Å². The van der Waals surface area contributed by atoms with Gasteiger partial charge < -0.3 is 28.9 Å². The maximum absolute atomic E-state index is 9.41. The third kappa shape index (κ3) is 67.8. The van der Waals surface area contributed by atoms with Gasteiger partial charge in [-0.1, -0.05) is 0 Å². The van der Waals surface area contributed by atoms with E-state index in [-0.39, 0.29) is 17.1 Å². The van der Waals surface area contributed by atoms with Gasteiger partial charge >= 0.3 is 17.1 Å². The molecule has 0 aliphatic rings. The summed E-state index contributed by atoms with van der Waals surface area (Å²) in [7, 11) is -5.17. The van der Waals surface area contributed by atoms with E-state index in [9.17, 15) is 19.8 Å². The van der Waals surface area contributed by atoms with E-state index in [0.717, 1.165) is 0 Å². The Labute approximate surface area is 89.3 Å². The number of carboxylic acids is 2. The summed E-state index contributed by atoms with van der Waals surface area (Å²) in [6.45, 7) is 0. The predicted molar refractivity (Wildman–Crippen MR) is 29.6 cm³/mol. The van der Waals surface area contributed by atoms with Crippen molar-refractivity contribution in [1.82, 2.24) is 0 Å². The van der Waals surface area contributed by atoms with Gasteiger partial charge in [0.1, 0.15) is 0 Å². The minimum Gasteiger partial charge on any atom is -0.759 e. The molecule has 0 unspecified atom stereocenters. The van der Waals surface area contributed by atoms with E-state index < -0.39 is 22.3 Å². The molecule has 0 aromatic heterocycles. The molecule has 0 aliphatic heterocycles. The standard InChI is InChI=1S/C4H4O4.Fe.H2O4S/c5-3(6)1-2-4(7)8;;1-5(2,3)4/h1-2H,(H,5,6)(H,7,8);;(H2,1,2,3,4)/q;+2;/p-4/b2-1+;;. The van der Waals surface area contributed by atoms with Crippen molar-refractivity contribution in [2.24, 2.45) is 0 Å². The van der Waals surface area contributed by atoms with Crippen LogP contribution in [0.15, 0.2) is 12.2 Å². The van der Waals surface area contributed by atoms with Gasteiger partial charge in [0.05, 0.1) is 11.9 Å². The first-order chi connectivity index (χ1) is 5.63. The first-order valence-electron chi connectivity index (χ1n) is 2.39. The zero-order chi connectivity index (χ0) is 11.1. The minimum atomic E-state index is -5.17. The van der Waals surface area contributed by atoms with E-state index in [0.29, 0.717) is 12.2 Å². The second-order valence-electron chi connectivity index (χ2n) is 1.38. The quantitative estimate of drug-likeness (QED) is 0.210. The Kier molecular flexibility index (Phi) is 11.6. The Balaban J connectivity index is -0.000000177. The Morgan fingerprint density at radius 2 is 1.07 bits per heavy atom. The molecule has 0 amide bonds. The molecule has 0 atom stereocenters. The molecule has 10 heteroatoms. The van der Waals surface area contributed by atoms with Gasteiger partial charge in [0.25, 0.3) is 0 Å². The summed E-state index contributed by atoms with van der Waals surface area (Å²) < 4.78 is 34.1. The normalized spacial score (nSPS) is 9.57. The van der Waals surface area contributed by atoms with Crippen molar-refractivity contribution < 1.29 is 54.4 Å². The first-order valence-corrected chi connectivity index (χ1v) is 3.73. The fourth-order valence-electron chi connectivity index (χ4n) is 0.136. The number of aliphatic carboxylic acids is 2. The summed E-state index contributed by atoms with van der Waals surface area (Å²) in [5.41, 5.74) is 0. The van der Waals surface area contributed by atoms with Gasteiger partial charge in [-0.15, -0.1) is 0 Å². The molecule has 0 rings (SSSR count). The molecule has 0 spiro atoms. The molecule has 0 aromatic carbocycles. The van der Waals surface area contributed by atoms with Crippen LogP contribution in [-0.2, 0) is 37.1 Å². The number of hydrogen-bond acceptors (Lipinski definition) is 8. The van der Waals surface area contributed by atoms with Crippen LogP contribution in [0.5, 0.6) is 0 Å². The third-order valence-corrected chi connectivity index (χ3v) is 0.355. The summed E-state index contributed by atoms with van der Waals surface area (Å²) in [5, 5.41) is 18.8. The van der Waals surface area contributed by atoms with Crippen LogP contribution in [0.2, 0.25) is 0 Å². The van der Waals surface area contributed by atoms with Crippen molar-refractivity contribution in [3.63, 3.8) is 0 Å². The SMILES string of the molecule is O=C([O-])/C=C/C(=O)[O-].O=S(=O)([O-])[O-].[Fe+2]. The van der Waals surface area contributed by atoms with Crippen molar-refractivity contribution >= 4 is 22.3 Å². The van der Waals surface area contributed by atoms with E-state index in [1.165, 1.54) is 0 Å². The monoisotopic (exact) mass is 266 g/mol. The van der Waals surface area contributed by atoms with E-state index >= 15 is 0 Å². The van der Waals surface area contributed by atoms with Gasteiger partial charge in [0.15, 0.2) is 0 Å². The number of carbonyl (C=O) groups is 2. The van der Waals surface area contributed by atoms with Gasteiger partial charge in [-0.25, -0.2) is 0 Å². The molecule has 0 heterocycles. The van der Waals surface area contributed by atoms with Crippen molar-refractivity contribution in [1.29, 1.82) is 0 Å². The maximum Gasteiger partial charge on any atom is 2.00 e. The predicted octanol–water partition coefficient (Wildman–Crippen LogP) is -4.30. The number of carboxylic acid groups (broad SMARTS) is 2. The van der Waals surface area contributed by atoms with E-state index in [4.69, 9.17) is 17.5 Å². The molecule has 14 heavy (non-hydrogen) atoms. The Morgan fingerprint density at radius 3 is 1.14 bits per heavy atom. The molecule has 0 saturated carbocycles. The van der Waals surface area contributed by atoms with Gasteiger partial charge in [-0.3, -0.25) is 8.42 Å². The molecular formula is C4H2FeO8S-2.